The van der Waals surface area contributed by atoms with Crippen LogP contribution in [0.4, 0.5) is 0 Å². The van der Waals surface area contributed by atoms with E-state index in [1.807, 2.05) is 17.5 Å². The summed E-state index contributed by atoms with van der Waals surface area (Å²) in [6.45, 7) is 0. The summed E-state index contributed by atoms with van der Waals surface area (Å²) in [7, 11) is 1.61. The van der Waals surface area contributed by atoms with E-state index in [1.54, 1.807) is 7.11 Å². The molecule has 0 aromatic carbocycles. The Balaban J connectivity index is 2.80. The number of ether oxygens (including phenoxy) is 1. The Kier molecular flexibility index (Phi) is 3.09. The minimum atomic E-state index is -0.226. The summed E-state index contributed by atoms with van der Waals surface area (Å²) in [5.74, 6) is 0. The van der Waals surface area contributed by atoms with E-state index in [-0.39, 0.29) is 6.04 Å². The number of nitrogens with zero attached hydrogens (tertiary/aromatic N) is 1. The Bertz CT molecular complexity index is 289. The van der Waals surface area contributed by atoms with E-state index in [4.69, 9.17) is 15.7 Å². The van der Waals surface area contributed by atoms with Gasteiger partial charge in [-0.2, -0.15) is 5.26 Å². The van der Waals surface area contributed by atoms with Crippen LogP contribution in [0, 0.1) is 11.3 Å². The Hall–Kier alpha value is -1.05. The number of nitrogens with two attached hydrogens (primary N) is 1. The van der Waals surface area contributed by atoms with Gasteiger partial charge in [0.2, 0.25) is 0 Å². The second-order valence-corrected chi connectivity index (χ2v) is 3.21. The molecule has 1 atom stereocenters. The van der Waals surface area contributed by atoms with Gasteiger partial charge in [0.15, 0.2) is 5.06 Å². The monoisotopic (exact) mass is 182 g/mol. The van der Waals surface area contributed by atoms with E-state index in [0.29, 0.717) is 6.42 Å². The number of rotatable bonds is 3. The standard InChI is InChI=1S/C8H10N2OS/c1-11-8-6(3-5-12-8)7(10)2-4-9/h3,5,7H,2,10H2,1H3/t7-/m0/s1. The zero-order valence-corrected chi connectivity index (χ0v) is 7.60. The first-order valence-corrected chi connectivity index (χ1v) is 4.41. The van der Waals surface area contributed by atoms with Crippen molar-refractivity contribution >= 4 is 11.3 Å². The molecule has 3 nitrogen and oxygen atoms in total. The maximum absolute atomic E-state index is 8.43. The highest BCUT2D eigenvalue weighted by Crippen LogP contribution is 2.30. The van der Waals surface area contributed by atoms with Gasteiger partial charge in [0, 0.05) is 11.6 Å². The van der Waals surface area contributed by atoms with Crippen molar-refractivity contribution in [2.45, 2.75) is 12.5 Å². The molecular formula is C8H10N2OS. The average Bonchev–Trinajstić information content (AvgIpc) is 2.51. The third kappa shape index (κ3) is 1.76. The summed E-state index contributed by atoms with van der Waals surface area (Å²) in [4.78, 5) is 0. The molecule has 1 rings (SSSR count). The van der Waals surface area contributed by atoms with Crippen molar-refractivity contribution in [2.75, 3.05) is 7.11 Å². The first-order chi connectivity index (χ1) is 5.79. The highest BCUT2D eigenvalue weighted by atomic mass is 32.1. The molecule has 1 aromatic rings. The lowest BCUT2D eigenvalue weighted by molar-refractivity contribution is 0.419. The van der Waals surface area contributed by atoms with Crippen LogP contribution in [-0.2, 0) is 0 Å². The highest BCUT2D eigenvalue weighted by Gasteiger charge is 2.11. The molecule has 0 saturated heterocycles. The third-order valence-corrected chi connectivity index (χ3v) is 2.44. The second-order valence-electron chi connectivity index (χ2n) is 2.34. The summed E-state index contributed by atoms with van der Waals surface area (Å²) >= 11 is 1.49. The lowest BCUT2D eigenvalue weighted by atomic mass is 10.1. The zero-order valence-electron chi connectivity index (χ0n) is 6.78. The van der Waals surface area contributed by atoms with Crippen LogP contribution >= 0.6 is 11.3 Å². The SMILES string of the molecule is COc1sccc1[C@@H](N)CC#N. The van der Waals surface area contributed by atoms with E-state index in [2.05, 4.69) is 0 Å². The molecule has 12 heavy (non-hydrogen) atoms. The van der Waals surface area contributed by atoms with E-state index in [1.165, 1.54) is 11.3 Å². The highest BCUT2D eigenvalue weighted by molar-refractivity contribution is 7.12. The van der Waals surface area contributed by atoms with Gasteiger partial charge in [0.05, 0.1) is 19.6 Å². The maximum atomic E-state index is 8.43. The normalized spacial score (nSPS) is 12.1. The van der Waals surface area contributed by atoms with Crippen LogP contribution < -0.4 is 10.5 Å². The van der Waals surface area contributed by atoms with Gasteiger partial charge in [-0.1, -0.05) is 0 Å². The first-order valence-electron chi connectivity index (χ1n) is 3.53. The fourth-order valence-electron chi connectivity index (χ4n) is 0.954. The van der Waals surface area contributed by atoms with Crippen molar-refractivity contribution in [1.82, 2.24) is 0 Å². The van der Waals surface area contributed by atoms with Crippen LogP contribution in [0.5, 0.6) is 5.06 Å². The fraction of sp³-hybridized carbons (Fsp3) is 0.375. The summed E-state index contributed by atoms with van der Waals surface area (Å²) in [6, 6.07) is 3.70. The van der Waals surface area contributed by atoms with Crippen molar-refractivity contribution in [1.29, 1.82) is 5.26 Å². The molecule has 0 spiro atoms. The Morgan fingerprint density at radius 2 is 2.58 bits per heavy atom. The summed E-state index contributed by atoms with van der Waals surface area (Å²) in [5.41, 5.74) is 6.65. The molecule has 4 heteroatoms. The quantitative estimate of drug-likeness (QED) is 0.773. The van der Waals surface area contributed by atoms with Crippen LogP contribution in [0.1, 0.15) is 18.0 Å². The first kappa shape index (κ1) is 9.04. The Morgan fingerprint density at radius 1 is 1.83 bits per heavy atom. The number of thiophene rings is 1. The molecule has 0 aliphatic carbocycles. The van der Waals surface area contributed by atoms with Crippen LogP contribution in [0.2, 0.25) is 0 Å². The zero-order chi connectivity index (χ0) is 8.97. The van der Waals surface area contributed by atoms with Gasteiger partial charge >= 0.3 is 0 Å². The van der Waals surface area contributed by atoms with Gasteiger partial charge in [0.1, 0.15) is 0 Å². The van der Waals surface area contributed by atoms with Crippen molar-refractivity contribution in [3.8, 4) is 11.1 Å². The number of hydrogen-bond acceptors (Lipinski definition) is 4. The van der Waals surface area contributed by atoms with E-state index in [9.17, 15) is 0 Å². The van der Waals surface area contributed by atoms with Crippen LogP contribution in [-0.4, -0.2) is 7.11 Å². The van der Waals surface area contributed by atoms with Crippen LogP contribution in [0.25, 0.3) is 0 Å². The van der Waals surface area contributed by atoms with Gasteiger partial charge in [-0.25, -0.2) is 0 Å². The van der Waals surface area contributed by atoms with Gasteiger partial charge in [-0.05, 0) is 11.4 Å². The molecule has 0 aliphatic rings. The van der Waals surface area contributed by atoms with E-state index in [0.717, 1.165) is 10.6 Å². The van der Waals surface area contributed by atoms with Gasteiger partial charge in [0.25, 0.3) is 0 Å². The predicted molar refractivity (Wildman–Crippen MR) is 48.0 cm³/mol. The molecule has 0 aliphatic heterocycles. The largest absolute Gasteiger partial charge is 0.487 e. The Labute approximate surface area is 75.4 Å². The van der Waals surface area contributed by atoms with Crippen molar-refractivity contribution in [3.63, 3.8) is 0 Å². The van der Waals surface area contributed by atoms with E-state index < -0.39 is 0 Å². The molecular weight excluding hydrogens is 172 g/mol. The average molecular weight is 182 g/mol. The molecule has 0 radical (unpaired) electrons. The maximum Gasteiger partial charge on any atom is 0.178 e. The topological polar surface area (TPSA) is 59.0 Å². The van der Waals surface area contributed by atoms with Crippen LogP contribution in [0.3, 0.4) is 0 Å². The molecule has 64 valence electrons. The molecule has 1 heterocycles. The minimum absolute atomic E-state index is 0.226. The lowest BCUT2D eigenvalue weighted by Gasteiger charge is -2.06. The van der Waals surface area contributed by atoms with E-state index >= 15 is 0 Å². The molecule has 2 N–H and O–H groups in total. The summed E-state index contributed by atoms with van der Waals surface area (Å²) in [6.07, 6.45) is 0.326. The van der Waals surface area contributed by atoms with Gasteiger partial charge in [-0.15, -0.1) is 11.3 Å². The third-order valence-electron chi connectivity index (χ3n) is 1.55. The smallest absolute Gasteiger partial charge is 0.178 e. The second kappa shape index (κ2) is 4.10. The summed E-state index contributed by atoms with van der Waals surface area (Å²) < 4.78 is 5.08. The molecule has 0 amide bonds. The molecule has 1 aromatic heterocycles. The fourth-order valence-corrected chi connectivity index (χ4v) is 1.74. The van der Waals surface area contributed by atoms with Crippen LogP contribution in [0.15, 0.2) is 11.4 Å². The van der Waals surface area contributed by atoms with Crippen molar-refractivity contribution in [2.24, 2.45) is 5.73 Å². The molecule has 0 unspecified atom stereocenters. The number of methoxy groups -OCH3 is 1. The summed E-state index contributed by atoms with van der Waals surface area (Å²) in [5, 5.41) is 11.1. The van der Waals surface area contributed by atoms with Gasteiger partial charge < -0.3 is 10.5 Å². The minimum Gasteiger partial charge on any atom is -0.487 e. The van der Waals surface area contributed by atoms with Crippen molar-refractivity contribution in [3.05, 3.63) is 17.0 Å². The molecule has 0 saturated carbocycles. The molecule has 0 bridgehead atoms. The van der Waals surface area contributed by atoms with Crippen molar-refractivity contribution < 1.29 is 4.74 Å². The van der Waals surface area contributed by atoms with Gasteiger partial charge in [-0.3, -0.25) is 0 Å². The predicted octanol–water partition coefficient (Wildman–Crippen LogP) is 1.67. The molecule has 0 fully saturated rings. The number of nitriles is 1. The Morgan fingerprint density at radius 3 is 3.17 bits per heavy atom. The number of hydrogen-bond donors (Lipinski definition) is 1. The lowest BCUT2D eigenvalue weighted by Crippen LogP contribution is -2.08.